The second-order valence-corrected chi connectivity index (χ2v) is 9.24. The Bertz CT molecular complexity index is 1010. The van der Waals surface area contributed by atoms with Crippen LogP contribution < -0.4 is 10.1 Å². The molecule has 3 aromatic rings. The summed E-state index contributed by atoms with van der Waals surface area (Å²) in [5.41, 5.74) is 2.50. The van der Waals surface area contributed by atoms with E-state index in [0.29, 0.717) is 18.4 Å². The van der Waals surface area contributed by atoms with E-state index in [4.69, 9.17) is 14.5 Å². The van der Waals surface area contributed by atoms with E-state index in [1.807, 2.05) is 35.3 Å². The molecule has 0 unspecified atom stereocenters. The third-order valence-electron chi connectivity index (χ3n) is 5.36. The minimum Gasteiger partial charge on any atom is -0.474 e. The van der Waals surface area contributed by atoms with Crippen LogP contribution in [0.2, 0.25) is 0 Å². The molecule has 7 heteroatoms. The Morgan fingerprint density at radius 3 is 2.87 bits per heavy atom. The zero-order valence-electron chi connectivity index (χ0n) is 18.4. The standard InChI is InChI=1S/C23H31N5O2/c1-15(2)21-12-24-11-17(30-21)14-29-22-18-7-6-8-25-20(18)9-19(27-22)16-10-26-28(13-16)23(3,4)5/h6-10,13,15,17,21,24H,11-12,14H2,1-5H3/t17-,21+/m0/s1. The van der Waals surface area contributed by atoms with Crippen LogP contribution in [0, 0.1) is 5.92 Å². The molecule has 4 rings (SSSR count). The molecule has 0 aromatic carbocycles. The molecule has 1 aliphatic heterocycles. The molecule has 1 aliphatic rings. The van der Waals surface area contributed by atoms with Gasteiger partial charge in [0, 0.05) is 31.0 Å². The third-order valence-corrected chi connectivity index (χ3v) is 5.36. The van der Waals surface area contributed by atoms with E-state index < -0.39 is 0 Å². The number of hydrogen-bond donors (Lipinski definition) is 1. The summed E-state index contributed by atoms with van der Waals surface area (Å²) >= 11 is 0. The van der Waals surface area contributed by atoms with Crippen LogP contribution in [0.3, 0.4) is 0 Å². The monoisotopic (exact) mass is 409 g/mol. The fourth-order valence-corrected chi connectivity index (χ4v) is 3.52. The Hall–Kier alpha value is -2.51. The van der Waals surface area contributed by atoms with Crippen LogP contribution in [-0.4, -0.2) is 51.7 Å². The van der Waals surface area contributed by atoms with Crippen molar-refractivity contribution in [2.45, 2.75) is 52.4 Å². The molecule has 0 spiro atoms. The lowest BCUT2D eigenvalue weighted by Gasteiger charge is -2.33. The van der Waals surface area contributed by atoms with Crippen LogP contribution in [0.4, 0.5) is 0 Å². The smallest absolute Gasteiger partial charge is 0.223 e. The predicted molar refractivity (Wildman–Crippen MR) is 118 cm³/mol. The van der Waals surface area contributed by atoms with E-state index in [2.05, 4.69) is 50.0 Å². The van der Waals surface area contributed by atoms with Crippen LogP contribution >= 0.6 is 0 Å². The summed E-state index contributed by atoms with van der Waals surface area (Å²) in [7, 11) is 0. The summed E-state index contributed by atoms with van der Waals surface area (Å²) in [5.74, 6) is 1.04. The Labute approximate surface area is 177 Å². The van der Waals surface area contributed by atoms with Crippen molar-refractivity contribution in [3.8, 4) is 17.1 Å². The maximum absolute atomic E-state index is 6.19. The lowest BCUT2D eigenvalue weighted by Crippen LogP contribution is -2.48. The van der Waals surface area contributed by atoms with Gasteiger partial charge in [0.1, 0.15) is 12.7 Å². The summed E-state index contributed by atoms with van der Waals surface area (Å²) in [6.45, 7) is 12.8. The summed E-state index contributed by atoms with van der Waals surface area (Å²) in [5, 5.41) is 8.85. The highest BCUT2D eigenvalue weighted by molar-refractivity contribution is 5.86. The number of rotatable bonds is 5. The topological polar surface area (TPSA) is 74.1 Å². The molecule has 30 heavy (non-hydrogen) atoms. The molecular formula is C23H31N5O2. The lowest BCUT2D eigenvalue weighted by molar-refractivity contribution is -0.0744. The van der Waals surface area contributed by atoms with Gasteiger partial charge in [-0.25, -0.2) is 4.98 Å². The molecule has 0 aliphatic carbocycles. The van der Waals surface area contributed by atoms with Gasteiger partial charge < -0.3 is 14.8 Å². The fraction of sp³-hybridized carbons (Fsp3) is 0.522. The van der Waals surface area contributed by atoms with Gasteiger partial charge in [-0.3, -0.25) is 9.67 Å². The van der Waals surface area contributed by atoms with Crippen LogP contribution in [0.1, 0.15) is 34.6 Å². The van der Waals surface area contributed by atoms with Crippen LogP contribution in [-0.2, 0) is 10.3 Å². The maximum Gasteiger partial charge on any atom is 0.223 e. The van der Waals surface area contributed by atoms with E-state index in [1.165, 1.54) is 0 Å². The molecule has 1 saturated heterocycles. The average molecular weight is 410 g/mol. The van der Waals surface area contributed by atoms with Crippen LogP contribution in [0.15, 0.2) is 36.8 Å². The van der Waals surface area contributed by atoms with E-state index in [-0.39, 0.29) is 17.7 Å². The molecule has 2 atom stereocenters. The van der Waals surface area contributed by atoms with Gasteiger partial charge in [-0.15, -0.1) is 0 Å². The molecule has 7 nitrogen and oxygen atoms in total. The Morgan fingerprint density at radius 2 is 2.13 bits per heavy atom. The van der Waals surface area contributed by atoms with Crippen molar-refractivity contribution in [1.29, 1.82) is 0 Å². The molecule has 0 saturated carbocycles. The first-order valence-electron chi connectivity index (χ1n) is 10.6. The van der Waals surface area contributed by atoms with E-state index in [1.54, 1.807) is 6.20 Å². The SMILES string of the molecule is CC(C)[C@H]1CNC[C@@H](COc2nc(-c3cnn(C(C)(C)C)c3)cc3ncccc23)O1. The first kappa shape index (κ1) is 20.8. The largest absolute Gasteiger partial charge is 0.474 e. The summed E-state index contributed by atoms with van der Waals surface area (Å²) < 4.78 is 14.3. The first-order valence-corrected chi connectivity index (χ1v) is 10.6. The molecule has 4 heterocycles. The minimum atomic E-state index is -0.0923. The van der Waals surface area contributed by atoms with Crippen molar-refractivity contribution in [2.24, 2.45) is 5.92 Å². The van der Waals surface area contributed by atoms with E-state index in [9.17, 15) is 0 Å². The maximum atomic E-state index is 6.19. The molecule has 1 N–H and O–H groups in total. The number of fused-ring (bicyclic) bond motifs is 1. The Kier molecular flexibility index (Phi) is 5.75. The molecule has 0 bridgehead atoms. The normalized spacial score (nSPS) is 20.1. The van der Waals surface area contributed by atoms with Crippen LogP contribution in [0.5, 0.6) is 5.88 Å². The number of nitrogens with one attached hydrogen (secondary N) is 1. The average Bonchev–Trinajstić information content (AvgIpc) is 3.23. The molecule has 0 amide bonds. The molecule has 160 valence electrons. The second-order valence-electron chi connectivity index (χ2n) is 9.24. The molecule has 1 fully saturated rings. The van der Waals surface area contributed by atoms with Gasteiger partial charge >= 0.3 is 0 Å². The van der Waals surface area contributed by atoms with Crippen molar-refractivity contribution >= 4 is 10.9 Å². The van der Waals surface area contributed by atoms with Crippen molar-refractivity contribution < 1.29 is 9.47 Å². The first-order chi connectivity index (χ1) is 14.3. The number of pyridine rings is 2. The lowest BCUT2D eigenvalue weighted by atomic mass is 10.1. The zero-order valence-corrected chi connectivity index (χ0v) is 18.4. The summed E-state index contributed by atoms with van der Waals surface area (Å²) in [4.78, 5) is 9.34. The quantitative estimate of drug-likeness (QED) is 0.694. The Morgan fingerprint density at radius 1 is 1.30 bits per heavy atom. The molecular weight excluding hydrogens is 378 g/mol. The van der Waals surface area contributed by atoms with Gasteiger partial charge in [-0.1, -0.05) is 13.8 Å². The van der Waals surface area contributed by atoms with Crippen molar-refractivity contribution in [1.82, 2.24) is 25.1 Å². The number of nitrogens with zero attached hydrogens (tertiary/aromatic N) is 4. The number of ether oxygens (including phenoxy) is 2. The van der Waals surface area contributed by atoms with Crippen molar-refractivity contribution in [2.75, 3.05) is 19.7 Å². The summed E-state index contributed by atoms with van der Waals surface area (Å²) in [6.07, 6.45) is 5.84. The minimum absolute atomic E-state index is 0.00744. The second kappa shape index (κ2) is 8.32. The van der Waals surface area contributed by atoms with Gasteiger partial charge in [0.05, 0.1) is 34.4 Å². The Balaban J connectivity index is 1.60. The summed E-state index contributed by atoms with van der Waals surface area (Å²) in [6, 6.07) is 5.88. The number of hydrogen-bond acceptors (Lipinski definition) is 6. The van der Waals surface area contributed by atoms with Gasteiger partial charge in [-0.05, 0) is 44.9 Å². The fourth-order valence-electron chi connectivity index (χ4n) is 3.52. The highest BCUT2D eigenvalue weighted by Crippen LogP contribution is 2.29. The van der Waals surface area contributed by atoms with Crippen molar-refractivity contribution in [3.05, 3.63) is 36.8 Å². The molecule has 3 aromatic heterocycles. The number of morpholine rings is 1. The van der Waals surface area contributed by atoms with Gasteiger partial charge in [0.15, 0.2) is 0 Å². The van der Waals surface area contributed by atoms with Crippen molar-refractivity contribution in [3.63, 3.8) is 0 Å². The highest BCUT2D eigenvalue weighted by atomic mass is 16.5. The zero-order chi connectivity index (χ0) is 21.3. The number of aromatic nitrogens is 4. The van der Waals surface area contributed by atoms with Gasteiger partial charge in [0.2, 0.25) is 5.88 Å². The van der Waals surface area contributed by atoms with Gasteiger partial charge in [-0.2, -0.15) is 5.10 Å². The van der Waals surface area contributed by atoms with E-state index >= 15 is 0 Å². The molecule has 0 radical (unpaired) electrons. The predicted octanol–water partition coefficient (Wildman–Crippen LogP) is 3.64. The highest BCUT2D eigenvalue weighted by Gasteiger charge is 2.25. The third kappa shape index (κ3) is 4.47. The van der Waals surface area contributed by atoms with E-state index in [0.717, 1.165) is 35.2 Å². The van der Waals surface area contributed by atoms with Gasteiger partial charge in [0.25, 0.3) is 0 Å². The van der Waals surface area contributed by atoms with Crippen LogP contribution in [0.25, 0.3) is 22.2 Å².